The first-order chi connectivity index (χ1) is 15.6. The van der Waals surface area contributed by atoms with Crippen LogP contribution < -0.4 is 5.32 Å². The van der Waals surface area contributed by atoms with Crippen LogP contribution in [0.15, 0.2) is 35.4 Å². The topological polar surface area (TPSA) is 106 Å². The van der Waals surface area contributed by atoms with E-state index in [-0.39, 0.29) is 40.0 Å². The Kier molecular flexibility index (Phi) is 7.48. The smallest absolute Gasteiger partial charge is 0.417 e. The third kappa shape index (κ3) is 5.96. The van der Waals surface area contributed by atoms with E-state index >= 15 is 0 Å². The highest BCUT2D eigenvalue weighted by molar-refractivity contribution is 8.00. The van der Waals surface area contributed by atoms with Gasteiger partial charge in [0.2, 0.25) is 11.8 Å². The number of hydrogen-bond donors (Lipinski definition) is 2. The second kappa shape index (κ2) is 10.1. The number of thioether (sulfide) groups is 1. The minimum Gasteiger partial charge on any atom is -0.506 e. The highest BCUT2D eigenvalue weighted by atomic mass is 32.2. The van der Waals surface area contributed by atoms with Crippen molar-refractivity contribution in [3.63, 3.8) is 0 Å². The van der Waals surface area contributed by atoms with Gasteiger partial charge in [0, 0.05) is 24.7 Å². The van der Waals surface area contributed by atoms with E-state index in [9.17, 15) is 33.1 Å². The number of carbonyl (C=O) groups is 2. The van der Waals surface area contributed by atoms with Crippen LogP contribution in [0.25, 0.3) is 0 Å². The lowest BCUT2D eigenvalue weighted by Crippen LogP contribution is -2.42. The number of amides is 2. The minimum atomic E-state index is -4.70. The van der Waals surface area contributed by atoms with Gasteiger partial charge in [-0.3, -0.25) is 9.59 Å². The summed E-state index contributed by atoms with van der Waals surface area (Å²) >= 11 is 0.796. The van der Waals surface area contributed by atoms with E-state index in [0.717, 1.165) is 17.8 Å². The summed E-state index contributed by atoms with van der Waals surface area (Å²) in [5, 5.41) is 21.6. The summed E-state index contributed by atoms with van der Waals surface area (Å²) in [6.07, 6.45) is -3.86. The van der Waals surface area contributed by atoms with E-state index in [0.29, 0.717) is 31.6 Å². The van der Waals surface area contributed by atoms with Gasteiger partial charge < -0.3 is 15.3 Å². The van der Waals surface area contributed by atoms with Crippen molar-refractivity contribution in [3.05, 3.63) is 47.2 Å². The van der Waals surface area contributed by atoms with Crippen LogP contribution in [0, 0.1) is 24.2 Å². The summed E-state index contributed by atoms with van der Waals surface area (Å²) in [6.45, 7) is 2.03. The largest absolute Gasteiger partial charge is 0.506 e. The summed E-state index contributed by atoms with van der Waals surface area (Å²) in [5.41, 5.74) is -1.24. The fraction of sp³-hybridized carbons (Fsp3) is 0.364. The van der Waals surface area contributed by atoms with Crippen molar-refractivity contribution < 1.29 is 27.9 Å². The number of aromatic nitrogens is 1. The number of aryl methyl sites for hydroxylation is 1. The molecule has 0 unspecified atom stereocenters. The quantitative estimate of drug-likeness (QED) is 0.498. The van der Waals surface area contributed by atoms with Gasteiger partial charge in [0.25, 0.3) is 0 Å². The van der Waals surface area contributed by atoms with Crippen LogP contribution in [0.3, 0.4) is 0 Å². The number of phenols is 1. The van der Waals surface area contributed by atoms with Crippen molar-refractivity contribution in [2.45, 2.75) is 31.0 Å². The van der Waals surface area contributed by atoms with Gasteiger partial charge in [-0.2, -0.15) is 18.4 Å². The zero-order chi connectivity index (χ0) is 24.2. The van der Waals surface area contributed by atoms with Crippen molar-refractivity contribution in [3.8, 4) is 11.8 Å². The number of rotatable bonds is 5. The van der Waals surface area contributed by atoms with Crippen molar-refractivity contribution in [1.29, 1.82) is 5.26 Å². The number of alkyl halides is 3. The van der Waals surface area contributed by atoms with Crippen LogP contribution in [0.4, 0.5) is 18.9 Å². The molecule has 0 spiro atoms. The molecular formula is C22H21F3N4O3S. The molecule has 33 heavy (non-hydrogen) atoms. The van der Waals surface area contributed by atoms with E-state index in [1.807, 2.05) is 0 Å². The van der Waals surface area contributed by atoms with Crippen molar-refractivity contribution >= 4 is 29.3 Å². The summed E-state index contributed by atoms with van der Waals surface area (Å²) in [6, 6.07) is 8.75. The second-order valence-electron chi connectivity index (χ2n) is 7.55. The second-order valence-corrected chi connectivity index (χ2v) is 8.52. The maximum Gasteiger partial charge on any atom is 0.417 e. The number of aromatic hydroxyl groups is 1. The maximum atomic E-state index is 13.2. The summed E-state index contributed by atoms with van der Waals surface area (Å²) in [7, 11) is 0. The number of nitriles is 1. The molecule has 2 heterocycles. The number of pyridine rings is 1. The van der Waals surface area contributed by atoms with E-state index in [4.69, 9.17) is 0 Å². The monoisotopic (exact) mass is 478 g/mol. The van der Waals surface area contributed by atoms with Gasteiger partial charge in [0.15, 0.2) is 0 Å². The number of phenolic OH excluding ortho intramolecular Hbond substituents is 1. The SMILES string of the molecule is Cc1cc(C(F)(F)F)c(C#N)c(SCC(=O)N2CCC(C(=O)Nc3ccccc3O)CC2)n1. The van der Waals surface area contributed by atoms with Crippen LogP contribution in [0.1, 0.15) is 29.7 Å². The lowest BCUT2D eigenvalue weighted by atomic mass is 9.96. The highest BCUT2D eigenvalue weighted by Crippen LogP contribution is 2.36. The number of para-hydroxylation sites is 2. The van der Waals surface area contributed by atoms with Crippen molar-refractivity contribution in [2.24, 2.45) is 5.92 Å². The van der Waals surface area contributed by atoms with Gasteiger partial charge in [-0.25, -0.2) is 4.98 Å². The first-order valence-corrected chi connectivity index (χ1v) is 11.1. The molecule has 2 N–H and O–H groups in total. The van der Waals surface area contributed by atoms with E-state index in [1.54, 1.807) is 29.2 Å². The predicted molar refractivity (Wildman–Crippen MR) is 115 cm³/mol. The van der Waals surface area contributed by atoms with Gasteiger partial charge in [0.05, 0.1) is 22.6 Å². The summed E-state index contributed by atoms with van der Waals surface area (Å²) in [4.78, 5) is 30.6. The fourth-order valence-corrected chi connectivity index (χ4v) is 4.46. The molecule has 2 amide bonds. The van der Waals surface area contributed by atoms with E-state index in [1.165, 1.54) is 13.0 Å². The number of hydrogen-bond acceptors (Lipinski definition) is 6. The van der Waals surface area contributed by atoms with Gasteiger partial charge in [0.1, 0.15) is 16.8 Å². The molecule has 1 aliphatic rings. The first kappa shape index (κ1) is 24.4. The number of piperidine rings is 1. The number of nitrogens with zero attached hydrogens (tertiary/aromatic N) is 3. The van der Waals surface area contributed by atoms with Gasteiger partial charge >= 0.3 is 6.18 Å². The number of halogens is 3. The summed E-state index contributed by atoms with van der Waals surface area (Å²) in [5.74, 6) is -1.09. The zero-order valence-corrected chi connectivity index (χ0v) is 18.5. The number of likely N-dealkylation sites (tertiary alicyclic amines) is 1. The standard InChI is InChI=1S/C22H21F3N4O3S/c1-13-10-16(22(23,24)25)15(11-26)21(27-13)33-12-19(31)29-8-6-14(7-9-29)20(32)28-17-4-2-3-5-18(17)30/h2-5,10,14,30H,6-9,12H2,1H3,(H,28,32). The summed E-state index contributed by atoms with van der Waals surface area (Å²) < 4.78 is 39.7. The normalized spacial score (nSPS) is 14.6. The van der Waals surface area contributed by atoms with Crippen LogP contribution in [0.2, 0.25) is 0 Å². The van der Waals surface area contributed by atoms with Crippen LogP contribution >= 0.6 is 11.8 Å². The van der Waals surface area contributed by atoms with E-state index in [2.05, 4.69) is 10.3 Å². The fourth-order valence-electron chi connectivity index (χ4n) is 3.51. The van der Waals surface area contributed by atoms with Crippen molar-refractivity contribution in [1.82, 2.24) is 9.88 Å². The molecule has 3 rings (SSSR count). The Bertz CT molecular complexity index is 1090. The number of nitrogens with one attached hydrogen (secondary N) is 1. The molecule has 11 heteroatoms. The Balaban J connectivity index is 1.57. The molecule has 1 aromatic heterocycles. The molecule has 0 radical (unpaired) electrons. The van der Waals surface area contributed by atoms with Crippen LogP contribution in [0.5, 0.6) is 5.75 Å². The van der Waals surface area contributed by atoms with Gasteiger partial charge in [-0.1, -0.05) is 23.9 Å². The maximum absolute atomic E-state index is 13.2. The number of anilines is 1. The first-order valence-electron chi connectivity index (χ1n) is 10.1. The number of carbonyl (C=O) groups excluding carboxylic acids is 2. The molecule has 1 saturated heterocycles. The Morgan fingerprint density at radius 1 is 1.30 bits per heavy atom. The van der Waals surface area contributed by atoms with Crippen LogP contribution in [-0.2, 0) is 15.8 Å². The molecular weight excluding hydrogens is 457 g/mol. The Morgan fingerprint density at radius 3 is 2.58 bits per heavy atom. The Morgan fingerprint density at radius 2 is 1.97 bits per heavy atom. The molecule has 0 saturated carbocycles. The average molecular weight is 478 g/mol. The molecule has 0 atom stereocenters. The predicted octanol–water partition coefficient (Wildman–Crippen LogP) is 3.96. The Labute approximate surface area is 192 Å². The highest BCUT2D eigenvalue weighted by Gasteiger charge is 2.36. The zero-order valence-electron chi connectivity index (χ0n) is 17.6. The molecule has 1 aromatic carbocycles. The lowest BCUT2D eigenvalue weighted by molar-refractivity contribution is -0.138. The molecule has 1 fully saturated rings. The molecule has 7 nitrogen and oxygen atoms in total. The minimum absolute atomic E-state index is 0.0364. The molecule has 2 aromatic rings. The number of benzene rings is 1. The van der Waals surface area contributed by atoms with Gasteiger partial charge in [-0.15, -0.1) is 0 Å². The molecule has 0 aliphatic carbocycles. The Hall–Kier alpha value is -3.26. The average Bonchev–Trinajstić information content (AvgIpc) is 2.78. The van der Waals surface area contributed by atoms with E-state index < -0.39 is 17.3 Å². The molecule has 174 valence electrons. The molecule has 0 bridgehead atoms. The lowest BCUT2D eigenvalue weighted by Gasteiger charge is -2.31. The molecule has 1 aliphatic heterocycles. The van der Waals surface area contributed by atoms with Crippen LogP contribution in [-0.4, -0.2) is 45.6 Å². The third-order valence-corrected chi connectivity index (χ3v) is 6.20. The van der Waals surface area contributed by atoms with Crippen molar-refractivity contribution in [2.75, 3.05) is 24.2 Å². The third-order valence-electron chi connectivity index (χ3n) is 5.24. The van der Waals surface area contributed by atoms with Gasteiger partial charge in [-0.05, 0) is 38.0 Å².